The zero-order valence-corrected chi connectivity index (χ0v) is 25.8. The molecule has 16 heteroatoms. The van der Waals surface area contributed by atoms with Gasteiger partial charge in [-0.1, -0.05) is 30.7 Å². The zero-order chi connectivity index (χ0) is 33.9. The molecule has 0 bridgehead atoms. The first-order valence-electron chi connectivity index (χ1n) is 13.5. The van der Waals surface area contributed by atoms with Crippen LogP contribution < -0.4 is 21.7 Å². The van der Waals surface area contributed by atoms with Crippen molar-refractivity contribution in [2.75, 3.05) is 22.1 Å². The van der Waals surface area contributed by atoms with Gasteiger partial charge in [-0.15, -0.1) is 0 Å². The second kappa shape index (κ2) is 13.2. The largest absolute Gasteiger partial charge is 0.491 e. The molecule has 4 rings (SSSR count). The third kappa shape index (κ3) is 7.49. The van der Waals surface area contributed by atoms with Crippen LogP contribution in [0.1, 0.15) is 25.0 Å². The zero-order valence-electron chi connectivity index (χ0n) is 24.2. The van der Waals surface area contributed by atoms with Gasteiger partial charge in [0, 0.05) is 47.0 Å². The first kappa shape index (κ1) is 34.0. The fraction of sp³-hybridized carbons (Fsp3) is 0.200. The maximum absolute atomic E-state index is 14.1. The van der Waals surface area contributed by atoms with Crippen LogP contribution in [0, 0.1) is 0 Å². The number of nitrogens with zero attached hydrogens (tertiary/aromatic N) is 1. The number of nitrogens with one attached hydrogen (secondary N) is 3. The number of alkyl halides is 3. The molecule has 3 aromatic carbocycles. The van der Waals surface area contributed by atoms with E-state index >= 15 is 0 Å². The van der Waals surface area contributed by atoms with Gasteiger partial charge in [0.1, 0.15) is 5.82 Å². The molecule has 0 aliphatic carbocycles. The summed E-state index contributed by atoms with van der Waals surface area (Å²) in [6.07, 6.45) is -4.12. The highest BCUT2D eigenvalue weighted by atomic mass is 35.5. The van der Waals surface area contributed by atoms with Crippen LogP contribution in [-0.2, 0) is 41.2 Å². The highest BCUT2D eigenvalue weighted by molar-refractivity contribution is 7.91. The molecule has 1 aromatic heterocycles. The van der Waals surface area contributed by atoms with Crippen LogP contribution in [-0.4, -0.2) is 43.1 Å². The predicted molar refractivity (Wildman–Crippen MR) is 165 cm³/mol. The van der Waals surface area contributed by atoms with E-state index < -0.39 is 46.1 Å². The van der Waals surface area contributed by atoms with E-state index in [1.165, 1.54) is 74.6 Å². The molecule has 0 saturated carbocycles. The predicted octanol–water partition coefficient (Wildman–Crippen LogP) is 4.91. The molecule has 1 unspecified atom stereocenters. The Bertz CT molecular complexity index is 1940. The first-order chi connectivity index (χ1) is 21.6. The van der Waals surface area contributed by atoms with E-state index in [0.717, 1.165) is 6.07 Å². The van der Waals surface area contributed by atoms with Crippen LogP contribution in [0.25, 0.3) is 10.8 Å². The van der Waals surface area contributed by atoms with Crippen molar-refractivity contribution in [1.82, 2.24) is 10.3 Å². The second-order valence-electron chi connectivity index (χ2n) is 9.93. The van der Waals surface area contributed by atoms with Crippen molar-refractivity contribution >= 4 is 67.2 Å². The van der Waals surface area contributed by atoms with E-state index in [0.29, 0.717) is 10.8 Å². The molecule has 0 aliphatic heterocycles. The Morgan fingerprint density at radius 3 is 2.37 bits per heavy atom. The van der Waals surface area contributed by atoms with Crippen molar-refractivity contribution in [3.05, 3.63) is 89.1 Å². The van der Waals surface area contributed by atoms with E-state index in [9.17, 15) is 36.0 Å². The van der Waals surface area contributed by atoms with Crippen molar-refractivity contribution in [3.8, 4) is 0 Å². The minimum Gasteiger partial charge on any atom is -0.418 e. The summed E-state index contributed by atoms with van der Waals surface area (Å²) in [6, 6.07) is 14.8. The Labute approximate surface area is 266 Å². The summed E-state index contributed by atoms with van der Waals surface area (Å²) in [7, 11) is -3.87. The molecule has 2 amide bonds. The number of hydrogen-bond acceptors (Lipinski definition) is 9. The lowest BCUT2D eigenvalue weighted by molar-refractivity contribution is -0.213. The molecular weight excluding hydrogens is 651 g/mol. The number of rotatable bonds is 10. The fourth-order valence-corrected chi connectivity index (χ4v) is 5.84. The molecule has 5 N–H and O–H groups in total. The number of pyridine rings is 1. The second-order valence-corrected chi connectivity index (χ2v) is 12.6. The Morgan fingerprint density at radius 1 is 1.00 bits per heavy atom. The number of benzene rings is 3. The topological polar surface area (TPSA) is 170 Å². The van der Waals surface area contributed by atoms with Gasteiger partial charge in [0.2, 0.25) is 5.91 Å². The van der Waals surface area contributed by atoms with Crippen molar-refractivity contribution < 1.29 is 40.7 Å². The van der Waals surface area contributed by atoms with Gasteiger partial charge in [0.25, 0.3) is 11.6 Å². The molecular formula is C30H27ClF3N5O6S. The van der Waals surface area contributed by atoms with E-state index in [-0.39, 0.29) is 44.0 Å². The average molecular weight is 678 g/mol. The van der Waals surface area contributed by atoms with Crippen LogP contribution in [0.2, 0.25) is 5.02 Å². The van der Waals surface area contributed by atoms with Gasteiger partial charge in [-0.05, 0) is 65.5 Å². The van der Waals surface area contributed by atoms with E-state index in [1.807, 2.05) is 0 Å². The smallest absolute Gasteiger partial charge is 0.418 e. The van der Waals surface area contributed by atoms with Crippen LogP contribution in [0.3, 0.4) is 0 Å². The third-order valence-corrected chi connectivity index (χ3v) is 8.74. The molecule has 0 saturated heterocycles. The monoisotopic (exact) mass is 677 g/mol. The van der Waals surface area contributed by atoms with Gasteiger partial charge in [0.15, 0.2) is 9.84 Å². The van der Waals surface area contributed by atoms with Gasteiger partial charge in [-0.25, -0.2) is 18.2 Å². The maximum atomic E-state index is 14.1. The van der Waals surface area contributed by atoms with Crippen LogP contribution in [0.15, 0.2) is 77.8 Å². The number of esters is 1. The number of carbonyl (C=O) groups is 3. The van der Waals surface area contributed by atoms with Gasteiger partial charge in [-0.3, -0.25) is 9.59 Å². The van der Waals surface area contributed by atoms with Gasteiger partial charge < -0.3 is 26.4 Å². The van der Waals surface area contributed by atoms with Crippen LogP contribution in [0.4, 0.5) is 30.4 Å². The highest BCUT2D eigenvalue weighted by Gasteiger charge is 2.52. The molecule has 11 nitrogen and oxygen atoms in total. The molecule has 0 fully saturated rings. The summed E-state index contributed by atoms with van der Waals surface area (Å²) < 4.78 is 71.7. The molecule has 4 aromatic rings. The normalized spacial score (nSPS) is 13.0. The molecule has 1 atom stereocenters. The summed E-state index contributed by atoms with van der Waals surface area (Å²) >= 11 is 6.16. The lowest BCUT2D eigenvalue weighted by atomic mass is 9.99. The number of anilines is 3. The minimum absolute atomic E-state index is 0.00253. The number of hydrogen-bond donors (Lipinski definition) is 4. The SMILES string of the molecule is CCS(=O)(=O)c1ccc(NC(C)=O)cc1CNC(=O)C(Nc1ccc2c(N)nccc2c1)(OC(=O)C(F)(F)F)c1cccc(Cl)c1. The number of nitrogens with two attached hydrogens (primary N) is 1. The number of carbonyl (C=O) groups excluding carboxylic acids is 3. The third-order valence-electron chi connectivity index (χ3n) is 6.68. The number of ether oxygens (including phenoxy) is 1. The average Bonchev–Trinajstić information content (AvgIpc) is 2.98. The maximum Gasteiger partial charge on any atom is 0.491 e. The Morgan fingerprint density at radius 2 is 1.72 bits per heavy atom. The number of amides is 2. The Hall–Kier alpha value is -4.89. The molecule has 1 heterocycles. The number of nitrogen functional groups attached to an aromatic ring is 1. The van der Waals surface area contributed by atoms with Crippen molar-refractivity contribution in [2.45, 2.75) is 37.2 Å². The first-order valence-corrected chi connectivity index (χ1v) is 15.5. The molecule has 0 spiro atoms. The minimum atomic E-state index is -5.52. The summed E-state index contributed by atoms with van der Waals surface area (Å²) in [5.41, 5.74) is 2.95. The van der Waals surface area contributed by atoms with Gasteiger partial charge in [0.05, 0.1) is 10.6 Å². The summed E-state index contributed by atoms with van der Waals surface area (Å²) in [5.74, 6) is -4.62. The molecule has 0 radical (unpaired) electrons. The van der Waals surface area contributed by atoms with Crippen LogP contribution in [0.5, 0.6) is 0 Å². The number of halogens is 4. The summed E-state index contributed by atoms with van der Waals surface area (Å²) in [5, 5.41) is 8.52. The standard InChI is InChI=1S/C30H27ClF3N5O6S/c1-3-46(43,44)25-10-8-22(38-17(2)40)14-19(25)16-37-27(41)29(45-28(42)30(32,33)34,20-5-4-6-21(31)15-20)39-23-7-9-24-18(13-23)11-12-36-26(24)35/h4-15,39H,3,16H2,1-2H3,(H2,35,36)(H,37,41)(H,38,40). The Kier molecular flexibility index (Phi) is 9.77. The fourth-order valence-electron chi connectivity index (χ4n) is 4.54. The molecule has 46 heavy (non-hydrogen) atoms. The van der Waals surface area contributed by atoms with Crippen molar-refractivity contribution in [3.63, 3.8) is 0 Å². The number of sulfone groups is 1. The Balaban J connectivity index is 1.86. The molecule has 242 valence electrons. The van der Waals surface area contributed by atoms with Crippen molar-refractivity contribution in [2.24, 2.45) is 0 Å². The lowest BCUT2D eigenvalue weighted by Crippen LogP contribution is -2.54. The lowest BCUT2D eigenvalue weighted by Gasteiger charge is -2.34. The van der Waals surface area contributed by atoms with Crippen molar-refractivity contribution in [1.29, 1.82) is 0 Å². The van der Waals surface area contributed by atoms with Gasteiger partial charge in [-0.2, -0.15) is 13.2 Å². The van der Waals surface area contributed by atoms with E-state index in [2.05, 4.69) is 20.9 Å². The van der Waals surface area contributed by atoms with E-state index in [1.54, 1.807) is 6.07 Å². The summed E-state index contributed by atoms with van der Waals surface area (Å²) in [4.78, 5) is 41.9. The van der Waals surface area contributed by atoms with Crippen LogP contribution >= 0.6 is 11.6 Å². The van der Waals surface area contributed by atoms with Gasteiger partial charge >= 0.3 is 12.1 Å². The summed E-state index contributed by atoms with van der Waals surface area (Å²) in [6.45, 7) is 2.06. The number of aromatic nitrogens is 1. The van der Waals surface area contributed by atoms with E-state index in [4.69, 9.17) is 22.1 Å². The molecule has 0 aliphatic rings. The number of fused-ring (bicyclic) bond motifs is 1. The quantitative estimate of drug-likeness (QED) is 0.135. The highest BCUT2D eigenvalue weighted by Crippen LogP contribution is 2.35.